The number of aryl methyl sites for hydroxylation is 8. The Balaban J connectivity index is -0.000000496. The van der Waals surface area contributed by atoms with E-state index in [0.717, 1.165) is 34.2 Å². The van der Waals surface area contributed by atoms with Crippen LogP contribution < -0.4 is 0 Å². The average Bonchev–Trinajstić information content (AvgIpc) is 1.23. The standard InChI is InChI=1S/4C10H15N.4C9H14N2.4C2H6/c1-8-7-11-6-5-9(8)10(2,3)4;1-8-5-6-11-7-9(8)10(2,3)4;1-8-9(10(2,3)4)6-5-7-11-8;1-8-6-5-7-11-9(8)10(2,3)4;1-7-8(9(2,3)4)5-10-6-11-7;1-7-5-10-6-11-8(7)9(2,3)4;1-7-8(9(2,3)4)11-6-5-10-7;1-7-5-6-10-11-8(7)9(2,3)4;4*1-2/h4*5-7H,1-4H3;4*5-6H,1-4H3;4*1-2H3. The topological polar surface area (TPSA) is 155 Å². The summed E-state index contributed by atoms with van der Waals surface area (Å²) in [5.74, 6) is 0. The molecule has 12 nitrogen and oxygen atoms in total. The summed E-state index contributed by atoms with van der Waals surface area (Å²) in [7, 11) is 0. The van der Waals surface area contributed by atoms with Crippen molar-refractivity contribution in [1.29, 1.82) is 0 Å². The van der Waals surface area contributed by atoms with Crippen molar-refractivity contribution in [1.82, 2.24) is 60.0 Å². The third-order valence-electron chi connectivity index (χ3n) is 13.8. The Hall–Kier alpha value is -7.08. The molecule has 8 heterocycles. The lowest BCUT2D eigenvalue weighted by molar-refractivity contribution is 0.553. The van der Waals surface area contributed by atoms with E-state index in [1.807, 2.05) is 144 Å². The predicted octanol–water partition coefficient (Wildman–Crippen LogP) is 23.2. The lowest BCUT2D eigenvalue weighted by Gasteiger charge is -2.20. The minimum Gasteiger partial charge on any atom is -0.264 e. The van der Waals surface area contributed by atoms with Gasteiger partial charge >= 0.3 is 0 Å². The largest absolute Gasteiger partial charge is 0.264 e. The first-order valence-electron chi connectivity index (χ1n) is 34.9. The van der Waals surface area contributed by atoms with Gasteiger partial charge in [0.2, 0.25) is 0 Å². The van der Waals surface area contributed by atoms with Crippen molar-refractivity contribution in [2.75, 3.05) is 0 Å². The Bertz CT molecular complexity index is 2640. The normalized spacial score (nSPS) is 10.9. The molecule has 0 bridgehead atoms. The molecule has 0 aliphatic carbocycles. The van der Waals surface area contributed by atoms with E-state index in [4.69, 9.17) is 0 Å². The third-order valence-corrected chi connectivity index (χ3v) is 13.8. The van der Waals surface area contributed by atoms with E-state index in [1.54, 1.807) is 31.2 Å². The van der Waals surface area contributed by atoms with Gasteiger partial charge in [0.1, 0.15) is 12.7 Å². The van der Waals surface area contributed by atoms with Crippen LogP contribution in [0.5, 0.6) is 0 Å². The molecule has 0 saturated carbocycles. The van der Waals surface area contributed by atoms with E-state index in [2.05, 4.69) is 285 Å². The van der Waals surface area contributed by atoms with Crippen LogP contribution in [0.15, 0.2) is 123 Å². The summed E-state index contributed by atoms with van der Waals surface area (Å²) in [6.07, 6.45) is 23.4. The Morgan fingerprint density at radius 2 is 0.594 bits per heavy atom. The molecule has 8 rings (SSSR count). The molecule has 0 aliphatic heterocycles. The van der Waals surface area contributed by atoms with Gasteiger partial charge in [0.15, 0.2) is 0 Å². The molecule has 0 amide bonds. The van der Waals surface area contributed by atoms with Gasteiger partial charge in [0, 0.05) is 107 Å². The number of aromatic nitrogens is 12. The highest BCUT2D eigenvalue weighted by atomic mass is 15.1. The molecular formula is C84H140N12. The number of rotatable bonds is 0. The van der Waals surface area contributed by atoms with E-state index in [0.29, 0.717) is 0 Å². The fourth-order valence-corrected chi connectivity index (χ4v) is 9.70. The van der Waals surface area contributed by atoms with Gasteiger partial charge in [-0.15, -0.1) is 0 Å². The molecule has 536 valence electrons. The molecule has 8 aromatic heterocycles. The molecule has 12 heteroatoms. The van der Waals surface area contributed by atoms with Gasteiger partial charge in [-0.2, -0.15) is 10.2 Å². The van der Waals surface area contributed by atoms with Crippen molar-refractivity contribution >= 4 is 0 Å². The molecule has 8 aromatic rings. The van der Waals surface area contributed by atoms with Crippen molar-refractivity contribution < 1.29 is 0 Å². The molecule has 0 fully saturated rings. The van der Waals surface area contributed by atoms with Gasteiger partial charge < -0.3 is 0 Å². The summed E-state index contributed by atoms with van der Waals surface area (Å²) in [5.41, 5.74) is 20.6. The van der Waals surface area contributed by atoms with Crippen molar-refractivity contribution in [2.45, 2.75) is 320 Å². The summed E-state index contributed by atoms with van der Waals surface area (Å²) < 4.78 is 0. The van der Waals surface area contributed by atoms with Crippen LogP contribution in [0.1, 0.15) is 311 Å². The molecular weight excluding hydrogens is 1180 g/mol. The van der Waals surface area contributed by atoms with Gasteiger partial charge in [-0.25, -0.2) is 19.9 Å². The van der Waals surface area contributed by atoms with Gasteiger partial charge in [-0.1, -0.05) is 234 Å². The van der Waals surface area contributed by atoms with Crippen LogP contribution in [0.25, 0.3) is 0 Å². The van der Waals surface area contributed by atoms with Crippen LogP contribution in [0.4, 0.5) is 0 Å². The van der Waals surface area contributed by atoms with E-state index >= 15 is 0 Å². The molecule has 0 spiro atoms. The highest BCUT2D eigenvalue weighted by Gasteiger charge is 2.22. The van der Waals surface area contributed by atoms with Crippen LogP contribution in [-0.2, 0) is 43.3 Å². The molecule has 0 radical (unpaired) electrons. The lowest BCUT2D eigenvalue weighted by atomic mass is 9.85. The maximum atomic E-state index is 4.35. The monoisotopic (exact) mass is 1320 g/mol. The first kappa shape index (κ1) is 95.3. The van der Waals surface area contributed by atoms with Crippen LogP contribution in [0.2, 0.25) is 0 Å². The highest BCUT2D eigenvalue weighted by molar-refractivity contribution is 5.30. The van der Waals surface area contributed by atoms with Crippen molar-refractivity contribution in [3.05, 3.63) is 213 Å². The average molecular weight is 1320 g/mol. The van der Waals surface area contributed by atoms with Crippen LogP contribution in [0.3, 0.4) is 0 Å². The van der Waals surface area contributed by atoms with Crippen molar-refractivity contribution in [3.63, 3.8) is 0 Å². The molecule has 0 saturated heterocycles. The van der Waals surface area contributed by atoms with E-state index < -0.39 is 0 Å². The zero-order valence-corrected chi connectivity index (χ0v) is 68.9. The van der Waals surface area contributed by atoms with Crippen molar-refractivity contribution in [2.24, 2.45) is 0 Å². The van der Waals surface area contributed by atoms with Crippen LogP contribution >= 0.6 is 0 Å². The van der Waals surface area contributed by atoms with E-state index in [9.17, 15) is 0 Å². The Kier molecular flexibility index (Phi) is 45.1. The fraction of sp³-hybridized carbons (Fsp3) is 0.571. The SMILES string of the molecule is CC.CC.CC.CC.Cc1cccnc1C(C)(C)C.Cc1ccncc1C(C)(C)C.Cc1ccnnc1C(C)(C)C.Cc1cnccc1C(C)(C)C.Cc1cncnc1C(C)(C)C.Cc1ncccc1C(C)(C)C.Cc1nccnc1C(C)(C)C.Cc1ncncc1C(C)(C)C. The lowest BCUT2D eigenvalue weighted by Crippen LogP contribution is -2.15. The molecule has 0 atom stereocenters. The van der Waals surface area contributed by atoms with Gasteiger partial charge in [-0.3, -0.25) is 29.9 Å². The number of nitrogens with zero attached hydrogens (tertiary/aromatic N) is 12. The molecule has 0 aromatic carbocycles. The molecule has 0 unspecified atom stereocenters. The maximum Gasteiger partial charge on any atom is 0.115 e. The highest BCUT2D eigenvalue weighted by Crippen LogP contribution is 2.28. The van der Waals surface area contributed by atoms with Crippen molar-refractivity contribution in [3.8, 4) is 0 Å². The first-order valence-corrected chi connectivity index (χ1v) is 34.9. The minimum atomic E-state index is 0.109. The fourth-order valence-electron chi connectivity index (χ4n) is 9.70. The summed E-state index contributed by atoms with van der Waals surface area (Å²) >= 11 is 0. The second-order valence-electron chi connectivity index (χ2n) is 30.8. The van der Waals surface area contributed by atoms with Gasteiger partial charge in [0.25, 0.3) is 0 Å². The molecule has 96 heavy (non-hydrogen) atoms. The molecule has 0 N–H and O–H groups in total. The third kappa shape index (κ3) is 38.6. The summed E-state index contributed by atoms with van der Waals surface area (Å²) in [6, 6.07) is 14.4. The minimum absolute atomic E-state index is 0.109. The van der Waals surface area contributed by atoms with Gasteiger partial charge in [0.05, 0.1) is 22.8 Å². The summed E-state index contributed by atoms with van der Waals surface area (Å²) in [4.78, 5) is 41.6. The zero-order valence-electron chi connectivity index (χ0n) is 68.9. The maximum absolute atomic E-state index is 4.35. The van der Waals surface area contributed by atoms with Gasteiger partial charge in [-0.05, 0) is 157 Å². The summed E-state index contributed by atoms with van der Waals surface area (Å²) in [6.45, 7) is 84.8. The van der Waals surface area contributed by atoms with Crippen LogP contribution in [0, 0.1) is 55.4 Å². The smallest absolute Gasteiger partial charge is 0.115 e. The Morgan fingerprint density at radius 1 is 0.229 bits per heavy atom. The Morgan fingerprint density at radius 3 is 0.927 bits per heavy atom. The zero-order chi connectivity index (χ0) is 75.9. The first-order chi connectivity index (χ1) is 44.1. The number of hydrogen-bond donors (Lipinski definition) is 0. The number of pyridine rings is 4. The van der Waals surface area contributed by atoms with Crippen LogP contribution in [-0.4, -0.2) is 60.0 Å². The quantitative estimate of drug-likeness (QED) is 0.142. The number of hydrogen-bond acceptors (Lipinski definition) is 12. The van der Waals surface area contributed by atoms with E-state index in [1.165, 1.54) is 55.8 Å². The molecule has 0 aliphatic rings. The second kappa shape index (κ2) is 45.4. The Labute approximate surface area is 590 Å². The summed E-state index contributed by atoms with van der Waals surface area (Å²) in [5, 5.41) is 7.96. The predicted molar refractivity (Wildman–Crippen MR) is 418 cm³/mol. The second-order valence-corrected chi connectivity index (χ2v) is 30.8. The van der Waals surface area contributed by atoms with E-state index in [-0.39, 0.29) is 43.3 Å².